The van der Waals surface area contributed by atoms with E-state index in [1.165, 1.54) is 55.6 Å². The number of methoxy groups -OCH3 is 1. The Bertz CT molecular complexity index is 1160. The monoisotopic (exact) mass is 432 g/mol. The van der Waals surface area contributed by atoms with Crippen molar-refractivity contribution in [1.82, 2.24) is 0 Å². The molecule has 8 nitrogen and oxygen atoms in total. The summed E-state index contributed by atoms with van der Waals surface area (Å²) in [6.45, 7) is 0. The molecule has 0 bridgehead atoms. The minimum Gasteiger partial charge on any atom is -0.505 e. The second kappa shape index (κ2) is 8.33. The molecule has 29 heavy (non-hydrogen) atoms. The fourth-order valence-electron chi connectivity index (χ4n) is 2.46. The molecule has 0 fully saturated rings. The van der Waals surface area contributed by atoms with Crippen LogP contribution in [-0.2, 0) is 14.8 Å². The van der Waals surface area contributed by atoms with Crippen LogP contribution in [-0.4, -0.2) is 32.5 Å². The molecule has 0 spiro atoms. The van der Waals surface area contributed by atoms with E-state index in [1.54, 1.807) is 11.4 Å². The summed E-state index contributed by atoms with van der Waals surface area (Å²) < 4.78 is 31.8. The minimum absolute atomic E-state index is 0.0162. The van der Waals surface area contributed by atoms with Gasteiger partial charge < -0.3 is 15.2 Å². The smallest absolute Gasteiger partial charge is 0.341 e. The minimum atomic E-state index is -3.75. The summed E-state index contributed by atoms with van der Waals surface area (Å²) in [5.74, 6) is -1.77. The molecule has 0 saturated carbocycles. The number of sulfonamides is 1. The van der Waals surface area contributed by atoms with Crippen LogP contribution in [0.2, 0.25) is 0 Å². The molecule has 0 aliphatic rings. The van der Waals surface area contributed by atoms with Crippen LogP contribution in [0, 0.1) is 0 Å². The third kappa shape index (κ3) is 4.55. The van der Waals surface area contributed by atoms with Gasteiger partial charge in [-0.1, -0.05) is 18.2 Å². The van der Waals surface area contributed by atoms with Gasteiger partial charge in [-0.15, -0.1) is 11.3 Å². The number of ether oxygens (including phenoxy) is 1. The first-order valence-electron chi connectivity index (χ1n) is 8.20. The van der Waals surface area contributed by atoms with Crippen molar-refractivity contribution in [3.05, 3.63) is 71.1 Å². The zero-order valence-electron chi connectivity index (χ0n) is 15.1. The van der Waals surface area contributed by atoms with Crippen molar-refractivity contribution in [3.63, 3.8) is 0 Å². The first-order valence-corrected chi connectivity index (χ1v) is 10.6. The first-order chi connectivity index (χ1) is 13.8. The summed E-state index contributed by atoms with van der Waals surface area (Å²) in [5.41, 5.74) is 0.281. The Kier molecular flexibility index (Phi) is 5.85. The van der Waals surface area contributed by atoms with E-state index >= 15 is 0 Å². The molecule has 0 radical (unpaired) electrons. The third-order valence-corrected chi connectivity index (χ3v) is 6.61. The largest absolute Gasteiger partial charge is 0.505 e. The highest BCUT2D eigenvalue weighted by Gasteiger charge is 2.18. The highest BCUT2D eigenvalue weighted by atomic mass is 32.2. The predicted molar refractivity (Wildman–Crippen MR) is 109 cm³/mol. The molecule has 10 heteroatoms. The van der Waals surface area contributed by atoms with Gasteiger partial charge in [0.25, 0.3) is 15.9 Å². The Morgan fingerprint density at radius 2 is 1.83 bits per heavy atom. The Morgan fingerprint density at radius 3 is 2.52 bits per heavy atom. The number of esters is 1. The Labute approximate surface area is 170 Å². The number of anilines is 2. The van der Waals surface area contributed by atoms with Crippen LogP contribution in [0.5, 0.6) is 5.75 Å². The van der Waals surface area contributed by atoms with Gasteiger partial charge >= 0.3 is 5.97 Å². The number of carbonyl (C=O) groups is 2. The van der Waals surface area contributed by atoms with Crippen LogP contribution in [0.25, 0.3) is 0 Å². The molecule has 3 rings (SSSR count). The number of benzene rings is 2. The lowest BCUT2D eigenvalue weighted by Gasteiger charge is -2.11. The Morgan fingerprint density at radius 1 is 1.07 bits per heavy atom. The van der Waals surface area contributed by atoms with Crippen molar-refractivity contribution in [2.75, 3.05) is 17.1 Å². The number of phenols is 1. The van der Waals surface area contributed by atoms with E-state index < -0.39 is 27.6 Å². The third-order valence-electron chi connectivity index (χ3n) is 3.83. The molecule has 0 saturated heterocycles. The van der Waals surface area contributed by atoms with Crippen LogP contribution in [0.4, 0.5) is 11.4 Å². The summed E-state index contributed by atoms with van der Waals surface area (Å²) in [6.07, 6.45) is 0. The molecule has 1 amide bonds. The summed E-state index contributed by atoms with van der Waals surface area (Å²) in [5, 5.41) is 14.3. The molecule has 0 aliphatic heterocycles. The average molecular weight is 432 g/mol. The van der Waals surface area contributed by atoms with Gasteiger partial charge in [-0.25, -0.2) is 13.2 Å². The van der Waals surface area contributed by atoms with Gasteiger partial charge in [-0.3, -0.25) is 9.52 Å². The highest BCUT2D eigenvalue weighted by Crippen LogP contribution is 2.29. The first kappa shape index (κ1) is 20.4. The summed E-state index contributed by atoms with van der Waals surface area (Å²) >= 11 is 1.07. The Hall–Kier alpha value is -3.37. The van der Waals surface area contributed by atoms with E-state index in [4.69, 9.17) is 0 Å². The lowest BCUT2D eigenvalue weighted by molar-refractivity contribution is 0.0597. The number of rotatable bonds is 6. The number of carbonyl (C=O) groups excluding carboxylic acids is 2. The normalized spacial score (nSPS) is 10.9. The topological polar surface area (TPSA) is 122 Å². The van der Waals surface area contributed by atoms with Crippen LogP contribution >= 0.6 is 11.3 Å². The lowest BCUT2D eigenvalue weighted by atomic mass is 10.1. The van der Waals surface area contributed by atoms with Crippen LogP contribution in [0.1, 0.15) is 20.7 Å². The van der Waals surface area contributed by atoms with Crippen molar-refractivity contribution in [1.29, 1.82) is 0 Å². The summed E-state index contributed by atoms with van der Waals surface area (Å²) in [7, 11) is -2.57. The number of hydrogen-bond donors (Lipinski definition) is 3. The quantitative estimate of drug-likeness (QED) is 0.406. The maximum Gasteiger partial charge on any atom is 0.341 e. The molecule has 1 aromatic heterocycles. The number of para-hydroxylation sites is 1. The summed E-state index contributed by atoms with van der Waals surface area (Å²) in [6, 6.07) is 13.2. The van der Waals surface area contributed by atoms with Gasteiger partial charge in [0.05, 0.1) is 12.8 Å². The lowest BCUT2D eigenvalue weighted by Crippen LogP contribution is -2.15. The average Bonchev–Trinajstić information content (AvgIpc) is 3.25. The van der Waals surface area contributed by atoms with Gasteiger partial charge in [0, 0.05) is 11.3 Å². The van der Waals surface area contributed by atoms with Crippen molar-refractivity contribution in [3.8, 4) is 5.75 Å². The van der Waals surface area contributed by atoms with E-state index in [2.05, 4.69) is 14.8 Å². The van der Waals surface area contributed by atoms with Gasteiger partial charge in [-0.2, -0.15) is 0 Å². The molecule has 3 N–H and O–H groups in total. The van der Waals surface area contributed by atoms with Gasteiger partial charge in [0.2, 0.25) is 0 Å². The maximum atomic E-state index is 12.5. The van der Waals surface area contributed by atoms with Crippen molar-refractivity contribution < 1.29 is 27.9 Å². The van der Waals surface area contributed by atoms with Gasteiger partial charge in [0.1, 0.15) is 9.77 Å². The number of phenolic OH excluding ortho intramolecular Hbond substituents is 1. The zero-order valence-corrected chi connectivity index (χ0v) is 16.7. The number of thiophene rings is 1. The number of amides is 1. The Balaban J connectivity index is 1.81. The fraction of sp³-hybridized carbons (Fsp3) is 0.0526. The molecule has 0 aliphatic carbocycles. The molecule has 150 valence electrons. The van der Waals surface area contributed by atoms with E-state index in [-0.39, 0.29) is 26.7 Å². The van der Waals surface area contributed by atoms with Crippen molar-refractivity contribution in [2.45, 2.75) is 4.21 Å². The molecule has 0 unspecified atom stereocenters. The number of nitrogens with one attached hydrogen (secondary N) is 2. The number of aromatic hydroxyl groups is 1. The SMILES string of the molecule is COC(=O)c1cccc(NC(=O)c2cccc(NS(=O)(=O)c3cccs3)c2)c1O. The van der Waals surface area contributed by atoms with Crippen LogP contribution in [0.3, 0.4) is 0 Å². The second-order valence-corrected chi connectivity index (χ2v) is 8.62. The van der Waals surface area contributed by atoms with Gasteiger partial charge in [-0.05, 0) is 41.8 Å². The molecule has 3 aromatic rings. The molecule has 1 heterocycles. The molecule has 0 atom stereocenters. The highest BCUT2D eigenvalue weighted by molar-refractivity contribution is 7.94. The summed E-state index contributed by atoms with van der Waals surface area (Å²) in [4.78, 5) is 24.2. The standard InChI is InChI=1S/C19H16N2O6S2/c1-27-19(24)14-7-3-8-15(17(14)22)20-18(23)12-5-2-6-13(11-12)21-29(25,26)16-9-4-10-28-16/h2-11,21-22H,1H3,(H,20,23). The predicted octanol–water partition coefficient (Wildman–Crippen LogP) is 3.29. The van der Waals surface area contributed by atoms with Crippen molar-refractivity contribution >= 4 is 44.6 Å². The van der Waals surface area contributed by atoms with E-state index in [0.717, 1.165) is 11.3 Å². The van der Waals surface area contributed by atoms with E-state index in [0.29, 0.717) is 0 Å². The van der Waals surface area contributed by atoms with Gasteiger partial charge in [0.15, 0.2) is 5.75 Å². The second-order valence-electron chi connectivity index (χ2n) is 5.77. The van der Waals surface area contributed by atoms with Crippen LogP contribution in [0.15, 0.2) is 64.2 Å². The van der Waals surface area contributed by atoms with Crippen molar-refractivity contribution in [2.24, 2.45) is 0 Å². The fourth-order valence-corrected chi connectivity index (χ4v) is 4.50. The molecule has 2 aromatic carbocycles. The maximum absolute atomic E-state index is 12.5. The zero-order chi connectivity index (χ0) is 21.0. The number of hydrogen-bond acceptors (Lipinski definition) is 7. The molecular formula is C19H16N2O6S2. The van der Waals surface area contributed by atoms with E-state index in [9.17, 15) is 23.1 Å². The van der Waals surface area contributed by atoms with Crippen LogP contribution < -0.4 is 10.0 Å². The molecular weight excluding hydrogens is 416 g/mol. The van der Waals surface area contributed by atoms with E-state index in [1.807, 2.05) is 0 Å².